The summed E-state index contributed by atoms with van der Waals surface area (Å²) in [6.45, 7) is 2.80. The maximum absolute atomic E-state index is 12.2. The maximum Gasteiger partial charge on any atom is 0.286 e. The molecule has 1 atom stereocenters. The van der Waals surface area contributed by atoms with Gasteiger partial charge >= 0.3 is 0 Å². The predicted octanol–water partition coefficient (Wildman–Crippen LogP) is 1.99. The molecule has 0 bridgehead atoms. The van der Waals surface area contributed by atoms with E-state index in [0.717, 1.165) is 36.6 Å². The number of para-hydroxylation sites is 1. The average Bonchev–Trinajstić information content (AvgIpc) is 3.04. The number of nitrogens with one attached hydrogen (secondary N) is 1. The lowest BCUT2D eigenvalue weighted by Gasteiger charge is -2.30. The molecule has 2 aromatic rings. The van der Waals surface area contributed by atoms with Gasteiger partial charge in [0.2, 0.25) is 5.01 Å². The van der Waals surface area contributed by atoms with Crippen molar-refractivity contribution in [2.24, 2.45) is 5.92 Å². The fourth-order valence-corrected chi connectivity index (χ4v) is 3.53. The molecule has 1 amide bonds. The Hall–Kier alpha value is -1.83. The van der Waals surface area contributed by atoms with Crippen LogP contribution in [0.25, 0.3) is 0 Å². The molecule has 1 aromatic heterocycles. The van der Waals surface area contributed by atoms with Crippen molar-refractivity contribution >= 4 is 22.9 Å². The van der Waals surface area contributed by atoms with Crippen molar-refractivity contribution in [2.75, 3.05) is 25.0 Å². The van der Waals surface area contributed by atoms with E-state index in [9.17, 15) is 9.90 Å². The van der Waals surface area contributed by atoms with Crippen molar-refractivity contribution in [3.63, 3.8) is 0 Å². The minimum Gasteiger partial charge on any atom is -0.396 e. The highest BCUT2D eigenvalue weighted by Crippen LogP contribution is 2.20. The standard InChI is InChI=1S/C16H20N4O2S/c21-11-12-5-4-8-20(9-12)10-14-18-19-16(23-14)15(22)17-13-6-2-1-3-7-13/h1-3,6-7,12,21H,4-5,8-11H2,(H,17,22). The Morgan fingerprint density at radius 1 is 1.35 bits per heavy atom. The fourth-order valence-electron chi connectivity index (χ4n) is 2.75. The van der Waals surface area contributed by atoms with Crippen molar-refractivity contribution in [2.45, 2.75) is 19.4 Å². The molecule has 1 aliphatic heterocycles. The second-order valence-electron chi connectivity index (χ2n) is 5.75. The van der Waals surface area contributed by atoms with E-state index in [-0.39, 0.29) is 12.5 Å². The lowest BCUT2D eigenvalue weighted by Crippen LogP contribution is -2.36. The van der Waals surface area contributed by atoms with E-state index in [4.69, 9.17) is 0 Å². The Bertz CT molecular complexity index is 647. The maximum atomic E-state index is 12.2. The molecule has 2 N–H and O–H groups in total. The zero-order chi connectivity index (χ0) is 16.1. The minimum atomic E-state index is -0.230. The first-order valence-corrected chi connectivity index (χ1v) is 8.58. The minimum absolute atomic E-state index is 0.230. The molecule has 1 unspecified atom stereocenters. The van der Waals surface area contributed by atoms with Gasteiger partial charge in [-0.25, -0.2) is 0 Å². The van der Waals surface area contributed by atoms with Crippen molar-refractivity contribution in [1.82, 2.24) is 15.1 Å². The van der Waals surface area contributed by atoms with Gasteiger partial charge in [0.25, 0.3) is 5.91 Å². The fraction of sp³-hybridized carbons (Fsp3) is 0.438. The van der Waals surface area contributed by atoms with Gasteiger partial charge in [0.1, 0.15) is 5.01 Å². The number of aliphatic hydroxyl groups excluding tert-OH is 1. The monoisotopic (exact) mass is 332 g/mol. The summed E-state index contributed by atoms with van der Waals surface area (Å²) < 4.78 is 0. The first kappa shape index (κ1) is 16.0. The van der Waals surface area contributed by atoms with Crippen LogP contribution in [0.4, 0.5) is 5.69 Å². The molecule has 0 saturated carbocycles. The number of carbonyl (C=O) groups excluding carboxylic acids is 1. The first-order valence-electron chi connectivity index (χ1n) is 7.76. The highest BCUT2D eigenvalue weighted by molar-refractivity contribution is 7.13. The topological polar surface area (TPSA) is 78.4 Å². The van der Waals surface area contributed by atoms with E-state index >= 15 is 0 Å². The number of hydrogen-bond donors (Lipinski definition) is 2. The molecule has 1 fully saturated rings. The molecule has 122 valence electrons. The van der Waals surface area contributed by atoms with E-state index in [1.807, 2.05) is 30.3 Å². The number of amides is 1. The van der Waals surface area contributed by atoms with E-state index in [1.165, 1.54) is 11.3 Å². The van der Waals surface area contributed by atoms with Crippen molar-refractivity contribution < 1.29 is 9.90 Å². The van der Waals surface area contributed by atoms with Crippen LogP contribution in [0.5, 0.6) is 0 Å². The molecule has 0 spiro atoms. The second-order valence-corrected chi connectivity index (χ2v) is 6.81. The van der Waals surface area contributed by atoms with Gasteiger partial charge < -0.3 is 10.4 Å². The van der Waals surface area contributed by atoms with Gasteiger partial charge in [0.15, 0.2) is 0 Å². The van der Waals surface area contributed by atoms with Crippen LogP contribution in [0.3, 0.4) is 0 Å². The van der Waals surface area contributed by atoms with Crippen molar-refractivity contribution in [3.8, 4) is 0 Å². The van der Waals surface area contributed by atoms with Crippen LogP contribution in [-0.4, -0.2) is 45.8 Å². The highest BCUT2D eigenvalue weighted by Gasteiger charge is 2.21. The zero-order valence-corrected chi connectivity index (χ0v) is 13.6. The molecule has 1 aromatic carbocycles. The van der Waals surface area contributed by atoms with Gasteiger partial charge in [0.05, 0.1) is 6.54 Å². The quantitative estimate of drug-likeness (QED) is 0.875. The van der Waals surface area contributed by atoms with E-state index < -0.39 is 0 Å². The predicted molar refractivity (Wildman–Crippen MR) is 89.4 cm³/mol. The average molecular weight is 332 g/mol. The van der Waals surface area contributed by atoms with Crippen LogP contribution in [-0.2, 0) is 6.54 Å². The Labute approximate surface area is 139 Å². The Morgan fingerprint density at radius 3 is 2.96 bits per heavy atom. The summed E-state index contributed by atoms with van der Waals surface area (Å²) in [5.74, 6) is 0.115. The van der Waals surface area contributed by atoms with Crippen molar-refractivity contribution in [3.05, 3.63) is 40.3 Å². The van der Waals surface area contributed by atoms with Gasteiger partial charge in [0, 0.05) is 18.8 Å². The third kappa shape index (κ3) is 4.34. The summed E-state index contributed by atoms with van der Waals surface area (Å²) in [4.78, 5) is 14.4. The number of hydrogen-bond acceptors (Lipinski definition) is 6. The first-order chi connectivity index (χ1) is 11.2. The third-order valence-electron chi connectivity index (χ3n) is 3.91. The molecule has 0 radical (unpaired) electrons. The number of piperidine rings is 1. The van der Waals surface area contributed by atoms with Crippen LogP contribution < -0.4 is 5.32 Å². The molecule has 23 heavy (non-hydrogen) atoms. The molecule has 0 aliphatic carbocycles. The van der Waals surface area contributed by atoms with Crippen LogP contribution in [0, 0.1) is 5.92 Å². The summed E-state index contributed by atoms with van der Waals surface area (Å²) in [5.41, 5.74) is 0.746. The van der Waals surface area contributed by atoms with E-state index in [2.05, 4.69) is 20.4 Å². The molecule has 1 aliphatic rings. The second kappa shape index (κ2) is 7.63. The van der Waals surface area contributed by atoms with Gasteiger partial charge in [-0.15, -0.1) is 10.2 Å². The van der Waals surface area contributed by atoms with E-state index in [1.54, 1.807) is 0 Å². The summed E-state index contributed by atoms with van der Waals surface area (Å²) in [5, 5.41) is 21.4. The number of likely N-dealkylation sites (tertiary alicyclic amines) is 1. The number of carbonyl (C=O) groups is 1. The van der Waals surface area contributed by atoms with Crippen LogP contribution in [0.2, 0.25) is 0 Å². The molecule has 2 heterocycles. The van der Waals surface area contributed by atoms with Gasteiger partial charge in [-0.3, -0.25) is 9.69 Å². The summed E-state index contributed by atoms with van der Waals surface area (Å²) >= 11 is 1.32. The molecular formula is C16H20N4O2S. The number of aromatic nitrogens is 2. The number of aliphatic hydroxyl groups is 1. The summed E-state index contributed by atoms with van der Waals surface area (Å²) in [6, 6.07) is 9.31. The number of benzene rings is 1. The third-order valence-corrected chi connectivity index (χ3v) is 4.82. The Balaban J connectivity index is 1.58. The molecular weight excluding hydrogens is 312 g/mol. The molecule has 7 heteroatoms. The van der Waals surface area contributed by atoms with Crippen LogP contribution in [0.15, 0.2) is 30.3 Å². The lowest BCUT2D eigenvalue weighted by molar-refractivity contribution is 0.102. The van der Waals surface area contributed by atoms with E-state index in [0.29, 0.717) is 17.5 Å². The summed E-state index contributed by atoms with van der Waals surface area (Å²) in [6.07, 6.45) is 2.17. The molecule has 6 nitrogen and oxygen atoms in total. The van der Waals surface area contributed by atoms with Gasteiger partial charge in [-0.05, 0) is 37.4 Å². The molecule has 3 rings (SSSR count). The Kier molecular flexibility index (Phi) is 5.32. The number of rotatable bonds is 5. The van der Waals surface area contributed by atoms with Crippen molar-refractivity contribution in [1.29, 1.82) is 0 Å². The zero-order valence-electron chi connectivity index (χ0n) is 12.8. The Morgan fingerprint density at radius 2 is 2.17 bits per heavy atom. The van der Waals surface area contributed by atoms with Gasteiger partial charge in [-0.1, -0.05) is 29.5 Å². The number of nitrogens with zero attached hydrogens (tertiary/aromatic N) is 3. The highest BCUT2D eigenvalue weighted by atomic mass is 32.1. The van der Waals surface area contributed by atoms with Gasteiger partial charge in [-0.2, -0.15) is 0 Å². The summed E-state index contributed by atoms with van der Waals surface area (Å²) in [7, 11) is 0. The SMILES string of the molecule is O=C(Nc1ccccc1)c1nnc(CN2CCCC(CO)C2)s1. The number of anilines is 1. The largest absolute Gasteiger partial charge is 0.396 e. The van der Waals surface area contributed by atoms with Crippen LogP contribution in [0.1, 0.15) is 27.7 Å². The molecule has 1 saturated heterocycles. The van der Waals surface area contributed by atoms with Crippen LogP contribution >= 0.6 is 11.3 Å². The normalized spacial score (nSPS) is 18.7. The smallest absolute Gasteiger partial charge is 0.286 e. The lowest BCUT2D eigenvalue weighted by atomic mass is 9.99.